The van der Waals surface area contributed by atoms with E-state index in [0.717, 1.165) is 29.4 Å². The Kier molecular flexibility index (Phi) is 4.79. The molecule has 0 aromatic heterocycles. The lowest BCUT2D eigenvalue weighted by molar-refractivity contribution is 0.414. The minimum absolute atomic E-state index is 0.597. The maximum atomic E-state index is 8.54. The minimum Gasteiger partial charge on any atom is -0.497 e. The van der Waals surface area contributed by atoms with Crippen LogP contribution in [-0.2, 0) is 6.54 Å². The first-order valence-corrected chi connectivity index (χ1v) is 9.10. The Bertz CT molecular complexity index is 922. The molecule has 0 spiro atoms. The van der Waals surface area contributed by atoms with Gasteiger partial charge < -0.3 is 19.9 Å². The number of anilines is 3. The molecule has 0 fully saturated rings. The van der Waals surface area contributed by atoms with E-state index in [-0.39, 0.29) is 0 Å². The molecular formula is C23H23N3O. The van der Waals surface area contributed by atoms with Crippen LogP contribution in [0.3, 0.4) is 0 Å². The lowest BCUT2D eigenvalue weighted by atomic mass is 10.1. The highest BCUT2D eigenvalue weighted by Crippen LogP contribution is 2.36. The summed E-state index contributed by atoms with van der Waals surface area (Å²) in [6.07, 6.45) is 0. The lowest BCUT2D eigenvalue weighted by Crippen LogP contribution is -2.30. The number of methoxy groups -OCH3 is 1. The van der Waals surface area contributed by atoms with Gasteiger partial charge in [-0.1, -0.05) is 42.5 Å². The van der Waals surface area contributed by atoms with Gasteiger partial charge in [0, 0.05) is 17.9 Å². The number of hydrogen-bond acceptors (Lipinski definition) is 4. The van der Waals surface area contributed by atoms with Crippen LogP contribution in [0.5, 0.6) is 5.75 Å². The Morgan fingerprint density at radius 3 is 2.19 bits per heavy atom. The summed E-state index contributed by atoms with van der Waals surface area (Å²) in [4.78, 5) is 4.51. The molecule has 0 unspecified atom stereocenters. The van der Waals surface area contributed by atoms with Crippen molar-refractivity contribution >= 4 is 22.8 Å². The Morgan fingerprint density at radius 2 is 1.48 bits per heavy atom. The third-order valence-electron chi connectivity index (χ3n) is 4.84. The molecule has 0 atom stereocenters. The van der Waals surface area contributed by atoms with Crippen molar-refractivity contribution in [1.29, 1.82) is 5.41 Å². The zero-order valence-corrected chi connectivity index (χ0v) is 15.4. The van der Waals surface area contributed by atoms with E-state index in [2.05, 4.69) is 58.3 Å². The zero-order valence-electron chi connectivity index (χ0n) is 15.4. The minimum atomic E-state index is 0.597. The molecule has 4 heteroatoms. The summed E-state index contributed by atoms with van der Waals surface area (Å²) in [5, 5.41) is 8.54. The fourth-order valence-electron chi connectivity index (χ4n) is 3.53. The SMILES string of the molecule is COc1ccc(CN2CC(=N)CN(c3ccccc3)c3ccccc32)cc1. The van der Waals surface area contributed by atoms with Crippen LogP contribution in [0.2, 0.25) is 0 Å². The Morgan fingerprint density at radius 1 is 0.815 bits per heavy atom. The number of para-hydroxylation sites is 3. The van der Waals surface area contributed by atoms with E-state index in [1.54, 1.807) is 7.11 Å². The molecule has 0 saturated carbocycles. The van der Waals surface area contributed by atoms with Crippen LogP contribution in [0.1, 0.15) is 5.56 Å². The Hall–Kier alpha value is -3.27. The molecule has 1 aliphatic rings. The Balaban J connectivity index is 1.70. The molecule has 0 radical (unpaired) electrons. The van der Waals surface area contributed by atoms with Gasteiger partial charge in [0.25, 0.3) is 0 Å². The van der Waals surface area contributed by atoms with Crippen LogP contribution in [0.4, 0.5) is 17.1 Å². The van der Waals surface area contributed by atoms with Crippen molar-refractivity contribution < 1.29 is 4.74 Å². The van der Waals surface area contributed by atoms with Crippen molar-refractivity contribution in [3.63, 3.8) is 0 Å². The molecule has 4 nitrogen and oxygen atoms in total. The van der Waals surface area contributed by atoms with Crippen molar-refractivity contribution in [2.75, 3.05) is 30.0 Å². The lowest BCUT2D eigenvalue weighted by Gasteiger charge is -2.27. The Labute approximate surface area is 160 Å². The summed E-state index contributed by atoms with van der Waals surface area (Å²) in [6.45, 7) is 1.97. The zero-order chi connectivity index (χ0) is 18.6. The molecule has 3 aromatic rings. The third kappa shape index (κ3) is 3.65. The first-order valence-electron chi connectivity index (χ1n) is 9.10. The fraction of sp³-hybridized carbons (Fsp3) is 0.174. The first-order chi connectivity index (χ1) is 13.2. The molecule has 3 aromatic carbocycles. The van der Waals surface area contributed by atoms with E-state index in [0.29, 0.717) is 18.8 Å². The van der Waals surface area contributed by atoms with E-state index >= 15 is 0 Å². The number of ether oxygens (including phenoxy) is 1. The summed E-state index contributed by atoms with van der Waals surface area (Å²) in [7, 11) is 1.68. The maximum Gasteiger partial charge on any atom is 0.118 e. The fourth-order valence-corrected chi connectivity index (χ4v) is 3.53. The predicted octanol–water partition coefficient (Wildman–Crippen LogP) is 4.87. The number of fused-ring (bicyclic) bond motifs is 1. The van der Waals surface area contributed by atoms with Gasteiger partial charge in [0.05, 0.1) is 31.6 Å². The summed E-state index contributed by atoms with van der Waals surface area (Å²) < 4.78 is 5.26. The highest BCUT2D eigenvalue weighted by Gasteiger charge is 2.24. The van der Waals surface area contributed by atoms with Crippen molar-refractivity contribution in [2.24, 2.45) is 0 Å². The van der Waals surface area contributed by atoms with E-state index < -0.39 is 0 Å². The second kappa shape index (κ2) is 7.54. The van der Waals surface area contributed by atoms with Gasteiger partial charge in [0.15, 0.2) is 0 Å². The van der Waals surface area contributed by atoms with Gasteiger partial charge in [-0.15, -0.1) is 0 Å². The molecule has 0 aliphatic carbocycles. The standard InChI is InChI=1S/C23H23N3O/c1-27-21-13-11-18(12-14-21)15-25-16-19(24)17-26(20-7-3-2-4-8-20)23-10-6-5-9-22(23)25/h2-14,24H,15-17H2,1H3. The molecule has 1 N–H and O–H groups in total. The van der Waals surface area contributed by atoms with Gasteiger partial charge in [-0.3, -0.25) is 0 Å². The monoisotopic (exact) mass is 357 g/mol. The van der Waals surface area contributed by atoms with Crippen LogP contribution in [0.25, 0.3) is 0 Å². The average molecular weight is 357 g/mol. The van der Waals surface area contributed by atoms with E-state index in [9.17, 15) is 0 Å². The highest BCUT2D eigenvalue weighted by molar-refractivity contribution is 5.96. The number of benzene rings is 3. The number of hydrogen-bond donors (Lipinski definition) is 1. The first kappa shape index (κ1) is 17.2. The van der Waals surface area contributed by atoms with E-state index in [1.807, 2.05) is 30.3 Å². The quantitative estimate of drug-likeness (QED) is 0.724. The van der Waals surface area contributed by atoms with Crippen LogP contribution < -0.4 is 14.5 Å². The van der Waals surface area contributed by atoms with Crippen LogP contribution in [-0.4, -0.2) is 25.9 Å². The molecule has 0 saturated heterocycles. The van der Waals surface area contributed by atoms with Gasteiger partial charge in [0.2, 0.25) is 0 Å². The molecule has 1 heterocycles. The van der Waals surface area contributed by atoms with Crippen molar-refractivity contribution in [3.8, 4) is 5.75 Å². The van der Waals surface area contributed by atoms with Crippen LogP contribution in [0, 0.1) is 5.41 Å². The average Bonchev–Trinajstić information content (AvgIpc) is 2.86. The predicted molar refractivity (Wildman–Crippen MR) is 112 cm³/mol. The molecule has 4 rings (SSSR count). The van der Waals surface area contributed by atoms with Gasteiger partial charge in [0.1, 0.15) is 5.75 Å². The summed E-state index contributed by atoms with van der Waals surface area (Å²) in [5.41, 5.74) is 5.30. The molecule has 1 aliphatic heterocycles. The van der Waals surface area contributed by atoms with Crippen LogP contribution >= 0.6 is 0 Å². The second-order valence-electron chi connectivity index (χ2n) is 6.72. The molecule has 136 valence electrons. The van der Waals surface area contributed by atoms with Crippen molar-refractivity contribution in [2.45, 2.75) is 6.54 Å². The van der Waals surface area contributed by atoms with Gasteiger partial charge >= 0.3 is 0 Å². The van der Waals surface area contributed by atoms with Gasteiger partial charge in [-0.2, -0.15) is 0 Å². The van der Waals surface area contributed by atoms with E-state index in [4.69, 9.17) is 10.1 Å². The molecular weight excluding hydrogens is 334 g/mol. The molecule has 27 heavy (non-hydrogen) atoms. The van der Waals surface area contributed by atoms with Crippen molar-refractivity contribution in [3.05, 3.63) is 84.4 Å². The van der Waals surface area contributed by atoms with Crippen molar-refractivity contribution in [1.82, 2.24) is 0 Å². The summed E-state index contributed by atoms with van der Waals surface area (Å²) >= 11 is 0. The topological polar surface area (TPSA) is 39.6 Å². The number of nitrogens with zero attached hydrogens (tertiary/aromatic N) is 2. The van der Waals surface area contributed by atoms with Gasteiger partial charge in [-0.25, -0.2) is 0 Å². The molecule has 0 bridgehead atoms. The van der Waals surface area contributed by atoms with Crippen LogP contribution in [0.15, 0.2) is 78.9 Å². The maximum absolute atomic E-state index is 8.54. The smallest absolute Gasteiger partial charge is 0.118 e. The number of nitrogens with one attached hydrogen (secondary N) is 1. The van der Waals surface area contributed by atoms with Gasteiger partial charge in [-0.05, 0) is 42.0 Å². The summed E-state index contributed by atoms with van der Waals surface area (Å²) in [5.74, 6) is 0.859. The normalized spacial score (nSPS) is 13.9. The molecule has 0 amide bonds. The second-order valence-corrected chi connectivity index (χ2v) is 6.72. The number of rotatable bonds is 4. The largest absolute Gasteiger partial charge is 0.497 e. The highest BCUT2D eigenvalue weighted by atomic mass is 16.5. The van der Waals surface area contributed by atoms with E-state index in [1.165, 1.54) is 5.56 Å². The summed E-state index contributed by atoms with van der Waals surface area (Å²) in [6, 6.07) is 26.9. The third-order valence-corrected chi connectivity index (χ3v) is 4.84.